The Morgan fingerprint density at radius 2 is 2.08 bits per heavy atom. The molecule has 1 fully saturated rings. The van der Waals surface area contributed by atoms with Gasteiger partial charge in [-0.3, -0.25) is 14.4 Å². The molecule has 3 atom stereocenters. The molecule has 2 aliphatic rings. The third-order valence-electron chi connectivity index (χ3n) is 7.55. The Kier molecular flexibility index (Phi) is 7.97. The van der Waals surface area contributed by atoms with Crippen LogP contribution in [0.25, 0.3) is 0 Å². The molecule has 2 aromatic rings. The van der Waals surface area contributed by atoms with Crippen molar-refractivity contribution < 1.29 is 33.4 Å². The first-order valence-corrected chi connectivity index (χ1v) is 12.5. The molecule has 2 aromatic carbocycles. The molecule has 9 nitrogen and oxygen atoms in total. The number of hydrogen-bond acceptors (Lipinski definition) is 6. The number of nitriles is 1. The molecule has 4 rings (SSSR count). The van der Waals surface area contributed by atoms with E-state index in [1.807, 2.05) is 6.92 Å². The van der Waals surface area contributed by atoms with Crippen LogP contribution in [0.5, 0.6) is 5.75 Å². The van der Waals surface area contributed by atoms with Gasteiger partial charge in [0.15, 0.2) is 0 Å². The average molecular weight is 524 g/mol. The highest BCUT2D eigenvalue weighted by Gasteiger charge is 2.67. The molecular formula is C28H30FN3O6. The van der Waals surface area contributed by atoms with Crippen LogP contribution in [0.4, 0.5) is 10.1 Å². The summed E-state index contributed by atoms with van der Waals surface area (Å²) in [5.74, 6) is -2.67. The van der Waals surface area contributed by atoms with E-state index in [1.165, 1.54) is 19.2 Å². The van der Waals surface area contributed by atoms with Crippen molar-refractivity contribution in [3.05, 3.63) is 58.4 Å². The van der Waals surface area contributed by atoms with E-state index >= 15 is 0 Å². The van der Waals surface area contributed by atoms with Crippen molar-refractivity contribution in [1.82, 2.24) is 5.32 Å². The van der Waals surface area contributed by atoms with Crippen LogP contribution in [0.2, 0.25) is 0 Å². The van der Waals surface area contributed by atoms with Crippen molar-refractivity contribution in [3.8, 4) is 11.8 Å². The molecule has 2 amide bonds. The molecule has 200 valence electrons. The number of methoxy groups -OCH3 is 1. The zero-order valence-electron chi connectivity index (χ0n) is 21.3. The molecule has 0 aromatic heterocycles. The second kappa shape index (κ2) is 11.2. The molecule has 1 aliphatic carbocycles. The summed E-state index contributed by atoms with van der Waals surface area (Å²) in [4.78, 5) is 37.1. The first kappa shape index (κ1) is 27.1. The fraction of sp³-hybridized carbons (Fsp3) is 0.429. The van der Waals surface area contributed by atoms with Crippen LogP contribution >= 0.6 is 0 Å². The predicted molar refractivity (Wildman–Crippen MR) is 135 cm³/mol. The van der Waals surface area contributed by atoms with Crippen molar-refractivity contribution in [2.75, 3.05) is 32.2 Å². The molecule has 3 unspecified atom stereocenters. The third kappa shape index (κ3) is 5.20. The third-order valence-corrected chi connectivity index (χ3v) is 7.55. The zero-order valence-corrected chi connectivity index (χ0v) is 21.3. The van der Waals surface area contributed by atoms with Crippen molar-refractivity contribution in [2.24, 2.45) is 11.8 Å². The van der Waals surface area contributed by atoms with Gasteiger partial charge in [0.05, 0.1) is 36.3 Å². The minimum absolute atomic E-state index is 0.00905. The summed E-state index contributed by atoms with van der Waals surface area (Å²) in [5, 5.41) is 23.9. The quantitative estimate of drug-likeness (QED) is 0.406. The fourth-order valence-electron chi connectivity index (χ4n) is 5.55. The second-order valence-corrected chi connectivity index (χ2v) is 9.70. The summed E-state index contributed by atoms with van der Waals surface area (Å²) >= 11 is 0. The number of nitrogens with zero attached hydrogens (tertiary/aromatic N) is 1. The molecule has 38 heavy (non-hydrogen) atoms. The monoisotopic (exact) mass is 523 g/mol. The Balaban J connectivity index is 1.59. The summed E-state index contributed by atoms with van der Waals surface area (Å²) in [6.07, 6.45) is 1.33. The molecule has 1 spiro atoms. The number of carboxylic acids is 1. The fourth-order valence-corrected chi connectivity index (χ4v) is 5.55. The lowest BCUT2D eigenvalue weighted by Gasteiger charge is -2.28. The topological polar surface area (TPSA) is 138 Å². The maximum atomic E-state index is 14.8. The number of carbonyl (C=O) groups is 3. The van der Waals surface area contributed by atoms with Gasteiger partial charge in [0.25, 0.3) is 5.91 Å². The van der Waals surface area contributed by atoms with Gasteiger partial charge in [0.1, 0.15) is 11.6 Å². The number of carboxylic acid groups (broad SMARTS) is 1. The Hall–Kier alpha value is -3.97. The van der Waals surface area contributed by atoms with Crippen molar-refractivity contribution in [2.45, 2.75) is 38.0 Å². The molecule has 0 saturated heterocycles. The Bertz CT molecular complexity index is 1310. The molecule has 1 heterocycles. The van der Waals surface area contributed by atoms with E-state index in [-0.39, 0.29) is 37.0 Å². The zero-order chi connectivity index (χ0) is 27.4. The van der Waals surface area contributed by atoms with Gasteiger partial charge in [0.2, 0.25) is 5.91 Å². The van der Waals surface area contributed by atoms with Crippen molar-refractivity contribution in [1.29, 1.82) is 5.26 Å². The lowest BCUT2D eigenvalue weighted by Crippen LogP contribution is -2.30. The van der Waals surface area contributed by atoms with E-state index in [2.05, 4.69) is 16.7 Å². The van der Waals surface area contributed by atoms with Crippen molar-refractivity contribution >= 4 is 23.5 Å². The van der Waals surface area contributed by atoms with Crippen LogP contribution in [-0.2, 0) is 26.2 Å². The van der Waals surface area contributed by atoms with E-state index < -0.39 is 29.0 Å². The van der Waals surface area contributed by atoms with E-state index in [1.54, 1.807) is 18.2 Å². The highest BCUT2D eigenvalue weighted by Crippen LogP contribution is 2.65. The number of aryl methyl sites for hydroxylation is 1. The van der Waals surface area contributed by atoms with E-state index in [4.69, 9.17) is 14.6 Å². The Morgan fingerprint density at radius 1 is 1.29 bits per heavy atom. The number of ether oxygens (including phenoxy) is 2. The number of fused-ring (bicyclic) bond motifs is 2. The predicted octanol–water partition coefficient (Wildman–Crippen LogP) is 3.41. The van der Waals surface area contributed by atoms with Gasteiger partial charge in [-0.1, -0.05) is 13.0 Å². The van der Waals surface area contributed by atoms with Gasteiger partial charge in [0, 0.05) is 42.8 Å². The molecule has 3 N–H and O–H groups in total. The maximum absolute atomic E-state index is 14.8. The van der Waals surface area contributed by atoms with E-state index in [0.717, 1.165) is 5.56 Å². The normalized spacial score (nSPS) is 21.1. The first-order chi connectivity index (χ1) is 18.2. The lowest BCUT2D eigenvalue weighted by atomic mass is 9.84. The van der Waals surface area contributed by atoms with E-state index in [0.29, 0.717) is 48.4 Å². The summed E-state index contributed by atoms with van der Waals surface area (Å²) in [6.45, 7) is 2.77. The molecule has 0 bridgehead atoms. The average Bonchev–Trinajstić information content (AvgIpc) is 3.47. The van der Waals surface area contributed by atoms with Gasteiger partial charge >= 0.3 is 5.97 Å². The maximum Gasteiger partial charge on any atom is 0.303 e. The summed E-state index contributed by atoms with van der Waals surface area (Å²) in [7, 11) is 1.50. The van der Waals surface area contributed by atoms with Gasteiger partial charge in [-0.2, -0.15) is 5.26 Å². The van der Waals surface area contributed by atoms with Crippen LogP contribution in [0.1, 0.15) is 53.2 Å². The number of halogens is 1. The number of amides is 2. The minimum Gasteiger partial charge on any atom is -0.493 e. The first-order valence-electron chi connectivity index (χ1n) is 12.5. The van der Waals surface area contributed by atoms with Crippen LogP contribution in [-0.4, -0.2) is 49.8 Å². The summed E-state index contributed by atoms with van der Waals surface area (Å²) in [6, 6.07) is 9.71. The van der Waals surface area contributed by atoms with Crippen LogP contribution < -0.4 is 15.4 Å². The lowest BCUT2D eigenvalue weighted by molar-refractivity contribution is -0.137. The molecule has 10 heteroatoms. The van der Waals surface area contributed by atoms with Gasteiger partial charge in [-0.25, -0.2) is 4.39 Å². The van der Waals surface area contributed by atoms with Gasteiger partial charge < -0.3 is 25.2 Å². The standard InChI is InChI=1S/C28H30FN3O6/c1-16-25(27(36)32-22-12-17(15-30)6-7-18(22)4-3-5-24(33)34)28(16)8-10-38-23-14-21(29)19(13-20(23)28)26(35)31-9-11-37-2/h6-7,12-14,16,25H,3-5,8-11H2,1-2H3,(H,31,35)(H,32,36)(H,33,34). The van der Waals surface area contributed by atoms with Crippen molar-refractivity contribution in [3.63, 3.8) is 0 Å². The number of anilines is 1. The smallest absolute Gasteiger partial charge is 0.303 e. The highest BCUT2D eigenvalue weighted by atomic mass is 19.1. The number of hydrogen-bond donors (Lipinski definition) is 3. The van der Waals surface area contributed by atoms with Crippen LogP contribution in [0.15, 0.2) is 30.3 Å². The minimum atomic E-state index is -0.903. The van der Waals surface area contributed by atoms with Gasteiger partial charge in [-0.15, -0.1) is 0 Å². The number of carbonyl (C=O) groups excluding carboxylic acids is 2. The largest absolute Gasteiger partial charge is 0.493 e. The van der Waals surface area contributed by atoms with Gasteiger partial charge in [-0.05, 0) is 48.9 Å². The molecule has 1 saturated carbocycles. The second-order valence-electron chi connectivity index (χ2n) is 9.70. The number of nitrogens with one attached hydrogen (secondary N) is 2. The number of aliphatic carboxylic acids is 1. The molecular weight excluding hydrogens is 493 g/mol. The SMILES string of the molecule is COCCNC(=O)c1cc2c(cc1F)OCCC21C(C)C1C(=O)Nc1cc(C#N)ccc1CCCC(=O)O. The molecule has 0 radical (unpaired) electrons. The highest BCUT2D eigenvalue weighted by molar-refractivity contribution is 5.98. The Morgan fingerprint density at radius 3 is 2.79 bits per heavy atom. The van der Waals surface area contributed by atoms with Crippen LogP contribution in [0.3, 0.4) is 0 Å². The van der Waals surface area contributed by atoms with Crippen LogP contribution in [0, 0.1) is 29.0 Å². The van der Waals surface area contributed by atoms with E-state index in [9.17, 15) is 24.0 Å². The molecule has 1 aliphatic heterocycles. The number of rotatable bonds is 10. The summed E-state index contributed by atoms with van der Waals surface area (Å²) in [5.41, 5.74) is 1.47. The summed E-state index contributed by atoms with van der Waals surface area (Å²) < 4.78 is 25.4. The Labute approximate surface area is 219 Å². The number of benzene rings is 2.